The number of sulfonamides is 1. The zero-order valence-corrected chi connectivity index (χ0v) is 48.5. The van der Waals surface area contributed by atoms with Gasteiger partial charge in [0.2, 0.25) is 17.7 Å². The highest BCUT2D eigenvalue weighted by molar-refractivity contribution is 7.90. The van der Waals surface area contributed by atoms with Crippen molar-refractivity contribution < 1.29 is 46.8 Å². The van der Waals surface area contributed by atoms with Gasteiger partial charge in [0.05, 0.1) is 32.7 Å². The predicted octanol–water partition coefficient (Wildman–Crippen LogP) is 8.38. The lowest BCUT2D eigenvalue weighted by atomic mass is 9.72. The van der Waals surface area contributed by atoms with Crippen LogP contribution < -0.4 is 30.3 Å². The summed E-state index contributed by atoms with van der Waals surface area (Å²) in [5.41, 5.74) is 5.65. The Morgan fingerprint density at radius 1 is 0.871 bits per heavy atom. The van der Waals surface area contributed by atoms with E-state index in [2.05, 4.69) is 66.4 Å². The number of amides is 6. The van der Waals surface area contributed by atoms with Gasteiger partial charge in [-0.15, -0.1) is 0 Å². The van der Waals surface area contributed by atoms with Crippen LogP contribution in [0.15, 0.2) is 114 Å². The third-order valence-electron chi connectivity index (χ3n) is 16.7. The van der Waals surface area contributed by atoms with E-state index in [0.29, 0.717) is 67.7 Å². The van der Waals surface area contributed by atoms with Crippen molar-refractivity contribution >= 4 is 96.4 Å². The number of hydrogen-bond acceptors (Lipinski definition) is 16. The highest BCUT2D eigenvalue weighted by Gasteiger charge is 2.46. The molecule has 0 bridgehead atoms. The van der Waals surface area contributed by atoms with Crippen LogP contribution in [0.2, 0.25) is 5.02 Å². The fourth-order valence-electron chi connectivity index (χ4n) is 12.0. The number of aromatic nitrogens is 2. The number of halogens is 1. The van der Waals surface area contributed by atoms with Crippen molar-refractivity contribution in [3.8, 4) is 11.5 Å². The molecule has 22 nitrogen and oxygen atoms in total. The van der Waals surface area contributed by atoms with E-state index in [1.54, 1.807) is 41.4 Å². The molecule has 1 unspecified atom stereocenters. The zero-order valence-electron chi connectivity index (χ0n) is 47.0. The second kappa shape index (κ2) is 24.1. The fourth-order valence-corrected chi connectivity index (χ4v) is 13.1. The van der Waals surface area contributed by atoms with Crippen molar-refractivity contribution in [2.45, 2.75) is 76.2 Å². The molecule has 6 amide bonds. The maximum absolute atomic E-state index is 14.2. The molecule has 0 saturated carbocycles. The number of ether oxygens (including phenoxy) is 1. The largest absolute Gasteiger partial charge is 0.455 e. The van der Waals surface area contributed by atoms with Crippen LogP contribution in [-0.4, -0.2) is 138 Å². The summed E-state index contributed by atoms with van der Waals surface area (Å²) in [5, 5.41) is 22.3. The van der Waals surface area contributed by atoms with Crippen molar-refractivity contribution in [3.63, 3.8) is 0 Å². The Labute approximate surface area is 495 Å². The van der Waals surface area contributed by atoms with Crippen molar-refractivity contribution in [1.82, 2.24) is 34.7 Å². The number of nitro groups is 1. The summed E-state index contributed by atoms with van der Waals surface area (Å²) in [4.78, 5) is 104. The first-order chi connectivity index (χ1) is 40.8. The number of imide groups is 2. The molecule has 3 saturated heterocycles. The number of fused-ring (bicyclic) bond motifs is 2. The summed E-state index contributed by atoms with van der Waals surface area (Å²) in [5.74, 6) is -3.23. The Hall–Kier alpha value is -8.67. The number of aromatic amines is 1. The Balaban J connectivity index is 0.701. The molecule has 0 spiro atoms. The number of benzene rings is 4. The molecule has 4 aromatic carbocycles. The van der Waals surface area contributed by atoms with Gasteiger partial charge in [-0.3, -0.25) is 54.0 Å². The van der Waals surface area contributed by atoms with Gasteiger partial charge in [-0.25, -0.2) is 18.1 Å². The van der Waals surface area contributed by atoms with Crippen LogP contribution in [0.4, 0.5) is 22.7 Å². The molecule has 11 rings (SSSR count). The van der Waals surface area contributed by atoms with Gasteiger partial charge in [0, 0.05) is 112 Å². The number of H-pyrrole nitrogens is 1. The molecule has 85 heavy (non-hydrogen) atoms. The molecule has 1 aliphatic carbocycles. The monoisotopic (exact) mass is 1190 g/mol. The molecule has 4 aliphatic heterocycles. The molecule has 5 aliphatic rings. The van der Waals surface area contributed by atoms with Crippen LogP contribution in [0.1, 0.15) is 102 Å². The van der Waals surface area contributed by atoms with Crippen molar-refractivity contribution in [3.05, 3.63) is 146 Å². The Bertz CT molecular complexity index is 3810. The number of nitrogens with one attached hydrogen (secondary N) is 5. The molecule has 24 heteroatoms. The summed E-state index contributed by atoms with van der Waals surface area (Å²) >= 11 is 6.26. The van der Waals surface area contributed by atoms with E-state index >= 15 is 0 Å². The van der Waals surface area contributed by atoms with E-state index in [9.17, 15) is 47.3 Å². The minimum absolute atomic E-state index is 0.00396. The number of nitro benzene ring substituents is 1. The quantitative estimate of drug-likeness (QED) is 0.0307. The zero-order chi connectivity index (χ0) is 59.7. The van der Waals surface area contributed by atoms with Gasteiger partial charge in [-0.1, -0.05) is 49.2 Å². The molecule has 6 heterocycles. The van der Waals surface area contributed by atoms with Gasteiger partial charge >= 0.3 is 0 Å². The standard InChI is InChI=1S/C61H64ClN11O11S/c1-61(2)21-16-40(47(33-61)38-6-8-41(62)9-7-38)36-69-26-28-70(29-27-69)42-10-12-45(52(31-42)84-43-30-39-17-22-64-56(39)66-35-43)57(76)68-85(82,83)44-11-13-48(51(32-44)73(80)81)65-34-37-19-24-71(25-20-37)54(75)18-23-63-49-5-3-4-46-55(49)60(79)72(59(46)78)50-14-15-53(74)67-58(50)77/h3-13,17,22,30-32,35,37,50,63,65H,14-16,18-21,23-29,33-34,36H2,1-2H3,(H,64,66)(H,68,76)(H,67,74,77). The average Bonchev–Trinajstić information content (AvgIpc) is 1.94. The van der Waals surface area contributed by atoms with Crippen LogP contribution in [0.3, 0.4) is 0 Å². The second-order valence-electron chi connectivity index (χ2n) is 23.0. The minimum Gasteiger partial charge on any atom is -0.455 e. The van der Waals surface area contributed by atoms with Crippen LogP contribution in [0.5, 0.6) is 11.5 Å². The van der Waals surface area contributed by atoms with Gasteiger partial charge < -0.3 is 30.2 Å². The summed E-state index contributed by atoms with van der Waals surface area (Å²) in [6, 6.07) is 23.6. The third-order valence-corrected chi connectivity index (χ3v) is 18.3. The summed E-state index contributed by atoms with van der Waals surface area (Å²) in [7, 11) is -4.68. The molecule has 5 N–H and O–H groups in total. The Morgan fingerprint density at radius 2 is 1.65 bits per heavy atom. The predicted molar refractivity (Wildman–Crippen MR) is 319 cm³/mol. The number of nitrogens with zero attached hydrogens (tertiary/aromatic N) is 6. The van der Waals surface area contributed by atoms with Gasteiger partial charge in [0.1, 0.15) is 28.9 Å². The number of anilines is 3. The fraction of sp³-hybridized carbons (Fsp3) is 0.361. The molecular weight excluding hydrogens is 1130 g/mol. The van der Waals surface area contributed by atoms with Crippen LogP contribution >= 0.6 is 11.6 Å². The molecule has 1 atom stereocenters. The maximum atomic E-state index is 14.2. The summed E-state index contributed by atoms with van der Waals surface area (Å²) in [6.45, 7) is 9.68. The Kier molecular flexibility index (Phi) is 16.5. The van der Waals surface area contributed by atoms with E-state index in [4.69, 9.17) is 16.3 Å². The van der Waals surface area contributed by atoms with Crippen molar-refractivity contribution in [2.75, 3.05) is 74.4 Å². The minimum atomic E-state index is -4.68. The molecule has 442 valence electrons. The topological polar surface area (TPSA) is 279 Å². The van der Waals surface area contributed by atoms with E-state index < -0.39 is 61.1 Å². The second-order valence-corrected chi connectivity index (χ2v) is 25.1. The lowest BCUT2D eigenvalue weighted by Gasteiger charge is -2.39. The lowest BCUT2D eigenvalue weighted by molar-refractivity contribution is -0.384. The van der Waals surface area contributed by atoms with Gasteiger partial charge in [0.25, 0.3) is 33.4 Å². The van der Waals surface area contributed by atoms with Gasteiger partial charge in [-0.2, -0.15) is 0 Å². The third kappa shape index (κ3) is 12.7. The maximum Gasteiger partial charge on any atom is 0.293 e. The van der Waals surface area contributed by atoms with Crippen LogP contribution in [0.25, 0.3) is 16.6 Å². The highest BCUT2D eigenvalue weighted by atomic mass is 35.5. The number of pyridine rings is 1. The van der Waals surface area contributed by atoms with Crippen molar-refractivity contribution in [2.24, 2.45) is 11.3 Å². The first-order valence-electron chi connectivity index (χ1n) is 28.4. The number of hydrogen-bond donors (Lipinski definition) is 5. The summed E-state index contributed by atoms with van der Waals surface area (Å²) in [6.07, 6.45) is 7.59. The number of likely N-dealkylation sites (tertiary alicyclic amines) is 1. The average molecular weight is 1190 g/mol. The Morgan fingerprint density at radius 3 is 2.40 bits per heavy atom. The van der Waals surface area contributed by atoms with Crippen LogP contribution in [-0.2, 0) is 24.4 Å². The van der Waals surface area contributed by atoms with Crippen molar-refractivity contribution in [1.29, 1.82) is 0 Å². The van der Waals surface area contributed by atoms with E-state index in [0.717, 1.165) is 60.9 Å². The van der Waals surface area contributed by atoms with E-state index in [1.807, 2.05) is 18.2 Å². The number of carbonyl (C=O) groups excluding carboxylic acids is 6. The number of carbonyl (C=O) groups is 6. The van der Waals surface area contributed by atoms with Gasteiger partial charge in [0.15, 0.2) is 0 Å². The smallest absolute Gasteiger partial charge is 0.293 e. The molecule has 6 aromatic rings. The number of piperidine rings is 2. The molecule has 3 fully saturated rings. The lowest BCUT2D eigenvalue weighted by Crippen LogP contribution is -2.54. The molecule has 0 radical (unpaired) electrons. The highest BCUT2D eigenvalue weighted by Crippen LogP contribution is 2.44. The normalized spacial score (nSPS) is 18.6. The molecule has 2 aromatic heterocycles. The van der Waals surface area contributed by atoms with Crippen LogP contribution in [0, 0.1) is 21.4 Å². The van der Waals surface area contributed by atoms with E-state index in [-0.39, 0.29) is 71.2 Å². The number of piperazine rings is 1. The van der Waals surface area contributed by atoms with E-state index in [1.165, 1.54) is 47.2 Å². The first-order valence-corrected chi connectivity index (χ1v) is 30.3. The van der Waals surface area contributed by atoms with Gasteiger partial charge in [-0.05, 0) is 122 Å². The number of rotatable bonds is 18. The SMILES string of the molecule is CC1(C)CCC(CN2CCN(c3ccc(C(=O)NS(=O)(=O)c4ccc(NCC5CCN(C(=O)CCNc6cccc7c6C(=O)N(C6CCC(=O)NC6=O)C7=O)CC5)c([N+](=O)[O-])c4)c(Oc4cnc5[nH]ccc5c4)c3)CC2)=C(c2ccc(Cl)cc2)C1. The number of allylic oxidation sites excluding steroid dienone is 1. The molecular formula is C61H64ClN11O11S. The first kappa shape index (κ1) is 58.1. The summed E-state index contributed by atoms with van der Waals surface area (Å²) < 4.78 is 36.4.